The Labute approximate surface area is 214 Å². The molecule has 0 spiro atoms. The summed E-state index contributed by atoms with van der Waals surface area (Å²) in [4.78, 5) is 50.4. The zero-order valence-corrected chi connectivity index (χ0v) is 21.2. The normalized spacial score (nSPS) is 14.0. The van der Waals surface area contributed by atoms with Gasteiger partial charge < -0.3 is 19.9 Å². The predicted octanol–water partition coefficient (Wildman–Crippen LogP) is 3.07. The molecule has 2 N–H and O–H groups in total. The first-order chi connectivity index (χ1) is 17.9. The maximum absolute atomic E-state index is 12.2. The van der Waals surface area contributed by atoms with Crippen LogP contribution in [0.2, 0.25) is 0 Å². The molecule has 3 aromatic rings. The molecule has 1 unspecified atom stereocenters. The molecule has 0 saturated heterocycles. The molecule has 1 aliphatic heterocycles. The van der Waals surface area contributed by atoms with E-state index in [9.17, 15) is 14.4 Å². The van der Waals surface area contributed by atoms with Gasteiger partial charge in [-0.1, -0.05) is 37.3 Å². The Bertz CT molecular complexity index is 1290. The maximum atomic E-state index is 12.2. The second-order valence-electron chi connectivity index (χ2n) is 9.00. The summed E-state index contributed by atoms with van der Waals surface area (Å²) in [5, 5.41) is 6.64. The monoisotopic (exact) mass is 505 g/mol. The lowest BCUT2D eigenvalue weighted by molar-refractivity contribution is -0.145. The van der Waals surface area contributed by atoms with Crippen LogP contribution >= 0.6 is 0 Å². The molecular formula is C26H31N7O4. The average molecular weight is 506 g/mol. The lowest BCUT2D eigenvalue weighted by Crippen LogP contribution is -2.33. The van der Waals surface area contributed by atoms with Crippen LogP contribution in [0.5, 0.6) is 0 Å². The molecule has 1 aromatic carbocycles. The van der Waals surface area contributed by atoms with Crippen LogP contribution < -0.4 is 10.6 Å². The summed E-state index contributed by atoms with van der Waals surface area (Å²) in [5.74, 6) is -0.331. The van der Waals surface area contributed by atoms with Gasteiger partial charge in [-0.3, -0.25) is 19.3 Å². The van der Waals surface area contributed by atoms with Gasteiger partial charge in [0.25, 0.3) is 11.8 Å². The highest BCUT2D eigenvalue weighted by atomic mass is 16.5. The average Bonchev–Trinajstić information content (AvgIpc) is 3.47. The number of fused-ring (bicyclic) bond motifs is 1. The summed E-state index contributed by atoms with van der Waals surface area (Å²) >= 11 is 0. The second kappa shape index (κ2) is 11.6. The molecule has 2 aromatic heterocycles. The number of hydrogen-bond donors (Lipinski definition) is 2. The molecule has 0 bridgehead atoms. The SMILES string of the molecule is CCC(COC(=O)CCN1C(=O)C=CC1=O)Nc1nc(NCc2ccccc2)c2ncn(C(C)C)c2n1. The fourth-order valence-corrected chi connectivity index (χ4v) is 3.83. The molecule has 0 saturated carbocycles. The van der Waals surface area contributed by atoms with Gasteiger partial charge in [-0.2, -0.15) is 9.97 Å². The van der Waals surface area contributed by atoms with Crippen LogP contribution in [0, 0.1) is 0 Å². The molecule has 11 heteroatoms. The van der Waals surface area contributed by atoms with Crippen molar-refractivity contribution in [3.63, 3.8) is 0 Å². The fraction of sp³-hybridized carbons (Fsp3) is 0.385. The number of imide groups is 1. The van der Waals surface area contributed by atoms with Gasteiger partial charge in [0.2, 0.25) is 5.95 Å². The Hall–Kier alpha value is -4.28. The lowest BCUT2D eigenvalue weighted by atomic mass is 10.2. The number of amides is 2. The van der Waals surface area contributed by atoms with Gasteiger partial charge in [-0.25, -0.2) is 4.98 Å². The van der Waals surface area contributed by atoms with Crippen molar-refractivity contribution in [1.29, 1.82) is 0 Å². The zero-order valence-electron chi connectivity index (χ0n) is 21.2. The van der Waals surface area contributed by atoms with Crippen LogP contribution in [-0.4, -0.2) is 61.4 Å². The summed E-state index contributed by atoms with van der Waals surface area (Å²) in [6, 6.07) is 9.92. The number of carbonyl (C=O) groups is 3. The van der Waals surface area contributed by atoms with Gasteiger partial charge in [0.15, 0.2) is 17.0 Å². The first kappa shape index (κ1) is 25.8. The quantitative estimate of drug-likeness (QED) is 0.282. The Morgan fingerprint density at radius 2 is 1.81 bits per heavy atom. The topological polar surface area (TPSA) is 131 Å². The number of hydrogen-bond acceptors (Lipinski definition) is 9. The van der Waals surface area contributed by atoms with E-state index in [-0.39, 0.29) is 31.7 Å². The Kier molecular flexibility index (Phi) is 8.11. The first-order valence-electron chi connectivity index (χ1n) is 12.3. The van der Waals surface area contributed by atoms with E-state index in [1.807, 2.05) is 41.8 Å². The second-order valence-corrected chi connectivity index (χ2v) is 9.00. The Morgan fingerprint density at radius 3 is 2.49 bits per heavy atom. The smallest absolute Gasteiger partial charge is 0.307 e. The molecule has 1 atom stereocenters. The Balaban J connectivity index is 1.43. The number of carbonyl (C=O) groups excluding carboxylic acids is 3. The summed E-state index contributed by atoms with van der Waals surface area (Å²) in [7, 11) is 0. The van der Waals surface area contributed by atoms with Crippen LogP contribution in [0.4, 0.5) is 11.8 Å². The van der Waals surface area contributed by atoms with Gasteiger partial charge in [0.05, 0.1) is 18.8 Å². The van der Waals surface area contributed by atoms with Crippen LogP contribution in [0.3, 0.4) is 0 Å². The van der Waals surface area contributed by atoms with E-state index in [0.717, 1.165) is 10.5 Å². The number of nitrogens with zero attached hydrogens (tertiary/aromatic N) is 5. The number of aromatic nitrogens is 4. The van der Waals surface area contributed by atoms with Crippen molar-refractivity contribution in [1.82, 2.24) is 24.4 Å². The van der Waals surface area contributed by atoms with E-state index in [2.05, 4.69) is 34.4 Å². The first-order valence-corrected chi connectivity index (χ1v) is 12.3. The number of imidazole rings is 1. The predicted molar refractivity (Wildman–Crippen MR) is 139 cm³/mol. The van der Waals surface area contributed by atoms with E-state index in [0.29, 0.717) is 35.9 Å². The van der Waals surface area contributed by atoms with Crippen molar-refractivity contribution in [2.24, 2.45) is 0 Å². The third-order valence-corrected chi connectivity index (χ3v) is 5.99. The summed E-state index contributed by atoms with van der Waals surface area (Å²) in [5.41, 5.74) is 2.48. The van der Waals surface area contributed by atoms with E-state index in [4.69, 9.17) is 9.72 Å². The van der Waals surface area contributed by atoms with E-state index in [1.54, 1.807) is 6.33 Å². The zero-order chi connectivity index (χ0) is 26.4. The minimum atomic E-state index is -0.493. The van der Waals surface area contributed by atoms with Gasteiger partial charge in [-0.05, 0) is 25.8 Å². The number of anilines is 2. The molecule has 1 aliphatic rings. The van der Waals surface area contributed by atoms with Crippen molar-refractivity contribution >= 4 is 40.7 Å². The molecule has 3 heterocycles. The van der Waals surface area contributed by atoms with Crippen LogP contribution in [0.1, 0.15) is 45.2 Å². The van der Waals surface area contributed by atoms with Crippen molar-refractivity contribution in [2.75, 3.05) is 23.8 Å². The minimum absolute atomic E-state index is 0.0108. The summed E-state index contributed by atoms with van der Waals surface area (Å²) < 4.78 is 7.39. The highest BCUT2D eigenvalue weighted by Gasteiger charge is 2.24. The third-order valence-electron chi connectivity index (χ3n) is 5.99. The fourth-order valence-electron chi connectivity index (χ4n) is 3.83. The van der Waals surface area contributed by atoms with Crippen LogP contribution in [0.15, 0.2) is 48.8 Å². The van der Waals surface area contributed by atoms with Gasteiger partial charge in [0.1, 0.15) is 6.61 Å². The summed E-state index contributed by atoms with van der Waals surface area (Å²) in [6.45, 7) is 6.73. The summed E-state index contributed by atoms with van der Waals surface area (Å²) in [6.07, 6.45) is 4.72. The van der Waals surface area contributed by atoms with Crippen molar-refractivity contribution < 1.29 is 19.1 Å². The molecule has 4 rings (SSSR count). The van der Waals surface area contributed by atoms with E-state index >= 15 is 0 Å². The van der Waals surface area contributed by atoms with Crippen LogP contribution in [0.25, 0.3) is 11.2 Å². The highest BCUT2D eigenvalue weighted by Crippen LogP contribution is 2.24. The van der Waals surface area contributed by atoms with Crippen molar-refractivity contribution in [3.8, 4) is 0 Å². The third kappa shape index (κ3) is 6.29. The standard InChI is InChI=1S/C26H31N7O4/c1-4-19(15-37-22(36)12-13-32-20(34)10-11-21(32)35)29-26-30-24(27-14-18-8-6-5-7-9-18)23-25(31-26)33(16-28-23)17(2)3/h5-11,16-17,19H,4,12-15H2,1-3H3,(H2,27,29,30,31). The molecule has 2 amide bonds. The Morgan fingerprint density at radius 1 is 1.08 bits per heavy atom. The van der Waals surface area contributed by atoms with Gasteiger partial charge >= 0.3 is 5.97 Å². The number of nitrogens with one attached hydrogen (secondary N) is 2. The highest BCUT2D eigenvalue weighted by molar-refractivity contribution is 6.13. The van der Waals surface area contributed by atoms with Crippen molar-refractivity contribution in [2.45, 2.75) is 52.2 Å². The molecule has 11 nitrogen and oxygen atoms in total. The van der Waals surface area contributed by atoms with Gasteiger partial charge in [-0.15, -0.1) is 0 Å². The largest absolute Gasteiger partial charge is 0.463 e. The van der Waals surface area contributed by atoms with Crippen molar-refractivity contribution in [3.05, 3.63) is 54.4 Å². The molecule has 0 aliphatic carbocycles. The number of rotatable bonds is 12. The van der Waals surface area contributed by atoms with E-state index in [1.165, 1.54) is 12.2 Å². The number of ether oxygens (including phenoxy) is 1. The van der Waals surface area contributed by atoms with E-state index < -0.39 is 17.8 Å². The molecule has 37 heavy (non-hydrogen) atoms. The maximum Gasteiger partial charge on any atom is 0.307 e. The number of benzene rings is 1. The minimum Gasteiger partial charge on any atom is -0.463 e. The van der Waals surface area contributed by atoms with Gasteiger partial charge in [0, 0.05) is 31.3 Å². The number of esters is 1. The lowest BCUT2D eigenvalue weighted by Gasteiger charge is -2.19. The molecular weight excluding hydrogens is 474 g/mol. The molecule has 0 radical (unpaired) electrons. The molecule has 0 fully saturated rings. The van der Waals surface area contributed by atoms with Crippen LogP contribution in [-0.2, 0) is 25.7 Å². The molecule has 194 valence electrons.